The molecule has 4 heteroatoms. The summed E-state index contributed by atoms with van der Waals surface area (Å²) < 4.78 is 11.5. The Balaban J connectivity index is 1.39. The molecule has 1 heterocycles. The molecule has 1 aliphatic rings. The topological polar surface area (TPSA) is 38.8 Å². The van der Waals surface area contributed by atoms with Crippen molar-refractivity contribution >= 4 is 5.91 Å². The molecule has 0 bridgehead atoms. The lowest BCUT2D eigenvalue weighted by Gasteiger charge is -2.33. The zero-order valence-corrected chi connectivity index (χ0v) is 14.5. The van der Waals surface area contributed by atoms with E-state index >= 15 is 0 Å². The van der Waals surface area contributed by atoms with E-state index in [4.69, 9.17) is 9.47 Å². The second-order valence-electron chi connectivity index (χ2n) is 6.29. The van der Waals surface area contributed by atoms with E-state index in [0.717, 1.165) is 18.6 Å². The largest absolute Gasteiger partial charge is 0.494 e. The fourth-order valence-corrected chi connectivity index (χ4v) is 3.03. The molecule has 3 rings (SSSR count). The normalized spacial score (nSPS) is 17.3. The number of carbonyl (C=O) groups excluding carboxylic acids is 1. The summed E-state index contributed by atoms with van der Waals surface area (Å²) in [7, 11) is 0. The van der Waals surface area contributed by atoms with E-state index < -0.39 is 0 Å². The van der Waals surface area contributed by atoms with Crippen molar-refractivity contribution in [3.8, 4) is 5.75 Å². The minimum Gasteiger partial charge on any atom is -0.494 e. The number of hydrogen-bond donors (Lipinski definition) is 0. The Bertz CT molecular complexity index is 645. The van der Waals surface area contributed by atoms with Gasteiger partial charge >= 0.3 is 0 Å². The molecule has 4 nitrogen and oxygen atoms in total. The molecule has 0 saturated carbocycles. The van der Waals surface area contributed by atoms with Gasteiger partial charge in [-0.05, 0) is 24.1 Å². The highest BCUT2D eigenvalue weighted by atomic mass is 16.5. The highest BCUT2D eigenvalue weighted by molar-refractivity contribution is 5.76. The van der Waals surface area contributed by atoms with Crippen LogP contribution >= 0.6 is 0 Å². The van der Waals surface area contributed by atoms with Gasteiger partial charge in [0, 0.05) is 25.9 Å². The first-order valence-electron chi connectivity index (χ1n) is 8.92. The maximum absolute atomic E-state index is 12.4. The van der Waals surface area contributed by atoms with Crippen molar-refractivity contribution in [3.05, 3.63) is 66.2 Å². The molecule has 132 valence electrons. The van der Waals surface area contributed by atoms with Crippen LogP contribution in [0.5, 0.6) is 5.75 Å². The highest BCUT2D eigenvalue weighted by Gasteiger charge is 2.24. The van der Waals surface area contributed by atoms with Crippen LogP contribution in [-0.2, 0) is 16.0 Å². The molecular formula is C21H25NO3. The number of ether oxygens (including phenoxy) is 2. The minimum absolute atomic E-state index is 0.0840. The average molecular weight is 339 g/mol. The van der Waals surface area contributed by atoms with Gasteiger partial charge in [-0.15, -0.1) is 0 Å². The Morgan fingerprint density at radius 2 is 1.80 bits per heavy atom. The summed E-state index contributed by atoms with van der Waals surface area (Å²) in [5, 5.41) is 0. The van der Waals surface area contributed by atoms with Crippen molar-refractivity contribution in [2.45, 2.75) is 25.4 Å². The third kappa shape index (κ3) is 5.61. The van der Waals surface area contributed by atoms with Crippen LogP contribution in [0.25, 0.3) is 0 Å². The fraction of sp³-hybridized carbons (Fsp3) is 0.381. The molecule has 0 N–H and O–H groups in total. The van der Waals surface area contributed by atoms with Gasteiger partial charge in [-0.3, -0.25) is 4.79 Å². The maximum Gasteiger partial charge on any atom is 0.222 e. The van der Waals surface area contributed by atoms with E-state index in [0.29, 0.717) is 32.7 Å². The SMILES string of the molecule is O=C(CCCOc1ccccc1)N1CCOC(Cc2ccccc2)C1. The number of rotatable bonds is 7. The smallest absolute Gasteiger partial charge is 0.222 e. The lowest BCUT2D eigenvalue weighted by Crippen LogP contribution is -2.46. The summed E-state index contributed by atoms with van der Waals surface area (Å²) in [5.74, 6) is 1.04. The Morgan fingerprint density at radius 3 is 2.56 bits per heavy atom. The lowest BCUT2D eigenvalue weighted by atomic mass is 10.1. The monoisotopic (exact) mass is 339 g/mol. The van der Waals surface area contributed by atoms with Crippen LogP contribution in [-0.4, -0.2) is 43.2 Å². The van der Waals surface area contributed by atoms with E-state index in [1.165, 1.54) is 5.56 Å². The first-order valence-corrected chi connectivity index (χ1v) is 8.92. The van der Waals surface area contributed by atoms with Crippen molar-refractivity contribution in [2.24, 2.45) is 0 Å². The van der Waals surface area contributed by atoms with Gasteiger partial charge in [0.15, 0.2) is 0 Å². The van der Waals surface area contributed by atoms with Crippen molar-refractivity contribution in [2.75, 3.05) is 26.3 Å². The van der Waals surface area contributed by atoms with Crippen molar-refractivity contribution in [1.82, 2.24) is 4.90 Å². The molecule has 1 amide bonds. The summed E-state index contributed by atoms with van der Waals surface area (Å²) in [6.45, 7) is 2.54. The molecule has 25 heavy (non-hydrogen) atoms. The van der Waals surface area contributed by atoms with E-state index in [9.17, 15) is 4.79 Å². The van der Waals surface area contributed by atoms with E-state index in [1.807, 2.05) is 53.4 Å². The quantitative estimate of drug-likeness (QED) is 0.727. The van der Waals surface area contributed by atoms with Crippen LogP contribution in [0.1, 0.15) is 18.4 Å². The zero-order valence-electron chi connectivity index (χ0n) is 14.5. The molecule has 2 aromatic carbocycles. The van der Waals surface area contributed by atoms with Gasteiger partial charge in [0.1, 0.15) is 5.75 Å². The second kappa shape index (κ2) is 9.23. The molecule has 0 aliphatic carbocycles. The molecule has 0 aromatic heterocycles. The number of nitrogens with zero attached hydrogens (tertiary/aromatic N) is 1. The molecule has 1 saturated heterocycles. The first-order chi connectivity index (χ1) is 12.3. The molecule has 1 unspecified atom stereocenters. The van der Waals surface area contributed by atoms with Crippen molar-refractivity contribution < 1.29 is 14.3 Å². The predicted octanol–water partition coefficient (Wildman–Crippen LogP) is 3.32. The van der Waals surface area contributed by atoms with Gasteiger partial charge in [0.25, 0.3) is 0 Å². The average Bonchev–Trinajstić information content (AvgIpc) is 2.67. The van der Waals surface area contributed by atoms with E-state index in [-0.39, 0.29) is 12.0 Å². The van der Waals surface area contributed by atoms with Crippen molar-refractivity contribution in [1.29, 1.82) is 0 Å². The number of hydrogen-bond acceptors (Lipinski definition) is 3. The highest BCUT2D eigenvalue weighted by Crippen LogP contribution is 2.14. The van der Waals surface area contributed by atoms with E-state index in [2.05, 4.69) is 12.1 Å². The number of morpholine rings is 1. The molecule has 2 aromatic rings. The maximum atomic E-state index is 12.4. The van der Waals surface area contributed by atoms with Gasteiger partial charge in [0.2, 0.25) is 5.91 Å². The van der Waals surface area contributed by atoms with Crippen LogP contribution in [0.2, 0.25) is 0 Å². The van der Waals surface area contributed by atoms with Gasteiger partial charge in [-0.1, -0.05) is 48.5 Å². The Hall–Kier alpha value is -2.33. The summed E-state index contributed by atoms with van der Waals surface area (Å²) in [6, 6.07) is 20.0. The summed E-state index contributed by atoms with van der Waals surface area (Å²) >= 11 is 0. The molecular weight excluding hydrogens is 314 g/mol. The van der Waals surface area contributed by atoms with Gasteiger partial charge in [-0.25, -0.2) is 0 Å². The van der Waals surface area contributed by atoms with Crippen LogP contribution in [0.4, 0.5) is 0 Å². The standard InChI is InChI=1S/C21H25NO3/c23-21(12-7-14-24-19-10-5-2-6-11-19)22-13-15-25-20(17-22)16-18-8-3-1-4-9-18/h1-6,8-11,20H,7,12-17H2. The molecule has 1 atom stereocenters. The number of benzene rings is 2. The fourth-order valence-electron chi connectivity index (χ4n) is 3.03. The zero-order chi connectivity index (χ0) is 17.3. The van der Waals surface area contributed by atoms with Gasteiger partial charge < -0.3 is 14.4 Å². The van der Waals surface area contributed by atoms with Crippen LogP contribution in [0, 0.1) is 0 Å². The third-order valence-electron chi connectivity index (χ3n) is 4.34. The Morgan fingerprint density at radius 1 is 1.08 bits per heavy atom. The molecule has 0 spiro atoms. The summed E-state index contributed by atoms with van der Waals surface area (Å²) in [4.78, 5) is 14.4. The lowest BCUT2D eigenvalue weighted by molar-refractivity contribution is -0.138. The predicted molar refractivity (Wildman–Crippen MR) is 97.6 cm³/mol. The Kier molecular flexibility index (Phi) is 6.46. The molecule has 1 aliphatic heterocycles. The van der Waals surface area contributed by atoms with E-state index in [1.54, 1.807) is 0 Å². The second-order valence-corrected chi connectivity index (χ2v) is 6.29. The number of carbonyl (C=O) groups is 1. The van der Waals surface area contributed by atoms with Crippen LogP contribution < -0.4 is 4.74 Å². The summed E-state index contributed by atoms with van der Waals surface area (Å²) in [6.07, 6.45) is 2.18. The van der Waals surface area contributed by atoms with Gasteiger partial charge in [-0.2, -0.15) is 0 Å². The number of para-hydroxylation sites is 1. The molecule has 1 fully saturated rings. The van der Waals surface area contributed by atoms with Crippen LogP contribution in [0.3, 0.4) is 0 Å². The third-order valence-corrected chi connectivity index (χ3v) is 4.34. The van der Waals surface area contributed by atoms with Gasteiger partial charge in [0.05, 0.1) is 19.3 Å². The van der Waals surface area contributed by atoms with Crippen LogP contribution in [0.15, 0.2) is 60.7 Å². The molecule has 0 radical (unpaired) electrons. The minimum atomic E-state index is 0.0840. The first kappa shape index (κ1) is 17.5. The van der Waals surface area contributed by atoms with Crippen molar-refractivity contribution in [3.63, 3.8) is 0 Å². The number of amides is 1. The summed E-state index contributed by atoms with van der Waals surface area (Å²) in [5.41, 5.74) is 1.25. The Labute approximate surface area is 149 Å².